The average molecular weight is 368 g/mol. The van der Waals surface area contributed by atoms with Gasteiger partial charge in [0, 0.05) is 0 Å². The van der Waals surface area contributed by atoms with Crippen LogP contribution in [-0.2, 0) is 0 Å². The van der Waals surface area contributed by atoms with Crippen molar-refractivity contribution >= 4 is 22.1 Å². The van der Waals surface area contributed by atoms with Crippen LogP contribution in [0.1, 0.15) is 22.3 Å². The lowest BCUT2D eigenvalue weighted by atomic mass is 10.1. The normalized spacial score (nSPS) is 11.6. The SMILES string of the molecule is Cc1cc2nc(-c3cnc(-c4nc5cc(C)c(C)cc5[nH]4)cn3)[nH]c2cc1C. The zero-order valence-corrected chi connectivity index (χ0v) is 16.3. The molecule has 0 amide bonds. The molecule has 0 saturated carbocycles. The molecule has 0 radical (unpaired) electrons. The Bertz CT molecular complexity index is 1160. The van der Waals surface area contributed by atoms with Gasteiger partial charge >= 0.3 is 0 Å². The molecule has 138 valence electrons. The zero-order valence-electron chi connectivity index (χ0n) is 16.3. The molecule has 2 aromatic carbocycles. The molecule has 0 aliphatic rings. The maximum Gasteiger partial charge on any atom is 0.158 e. The number of aryl methyl sites for hydroxylation is 4. The van der Waals surface area contributed by atoms with Gasteiger partial charge in [-0.3, -0.25) is 0 Å². The van der Waals surface area contributed by atoms with Crippen LogP contribution in [0.2, 0.25) is 0 Å². The Morgan fingerprint density at radius 1 is 0.571 bits per heavy atom. The van der Waals surface area contributed by atoms with E-state index in [1.54, 1.807) is 12.4 Å². The third kappa shape index (κ3) is 2.65. The largest absolute Gasteiger partial charge is 0.337 e. The molecule has 0 aliphatic carbocycles. The van der Waals surface area contributed by atoms with Crippen molar-refractivity contribution in [2.75, 3.05) is 0 Å². The van der Waals surface area contributed by atoms with Crippen LogP contribution in [0, 0.1) is 27.7 Å². The number of aromatic nitrogens is 6. The number of aromatic amines is 2. The summed E-state index contributed by atoms with van der Waals surface area (Å²) >= 11 is 0. The maximum atomic E-state index is 4.66. The first-order valence-corrected chi connectivity index (χ1v) is 9.24. The number of nitrogens with zero attached hydrogens (tertiary/aromatic N) is 4. The Hall–Kier alpha value is -3.54. The highest BCUT2D eigenvalue weighted by Crippen LogP contribution is 2.24. The van der Waals surface area contributed by atoms with Crippen LogP contribution >= 0.6 is 0 Å². The van der Waals surface area contributed by atoms with E-state index in [9.17, 15) is 0 Å². The summed E-state index contributed by atoms with van der Waals surface area (Å²) in [5, 5.41) is 0. The highest BCUT2D eigenvalue weighted by molar-refractivity contribution is 5.81. The summed E-state index contributed by atoms with van der Waals surface area (Å²) < 4.78 is 0. The number of hydrogen-bond donors (Lipinski definition) is 2. The molecule has 28 heavy (non-hydrogen) atoms. The van der Waals surface area contributed by atoms with Gasteiger partial charge in [-0.05, 0) is 74.2 Å². The summed E-state index contributed by atoms with van der Waals surface area (Å²) in [5.74, 6) is 1.44. The van der Waals surface area contributed by atoms with Gasteiger partial charge in [0.25, 0.3) is 0 Å². The standard InChI is InChI=1S/C22H20N6/c1-11-5-15-16(6-12(11)2)26-21(25-15)19-9-24-20(10-23-19)22-27-17-7-13(3)14(4)8-18(17)28-22/h5-10H,1-4H3,(H,25,26)(H,27,28). The summed E-state index contributed by atoms with van der Waals surface area (Å²) in [5.41, 5.74) is 10.2. The molecule has 0 aliphatic heterocycles. The lowest BCUT2D eigenvalue weighted by Gasteiger charge is -1.98. The Kier molecular flexibility index (Phi) is 3.55. The van der Waals surface area contributed by atoms with Crippen molar-refractivity contribution < 1.29 is 0 Å². The molecule has 6 heteroatoms. The van der Waals surface area contributed by atoms with E-state index in [-0.39, 0.29) is 0 Å². The fourth-order valence-corrected chi connectivity index (χ4v) is 3.35. The van der Waals surface area contributed by atoms with Gasteiger partial charge in [0.05, 0.1) is 34.5 Å². The lowest BCUT2D eigenvalue weighted by molar-refractivity contribution is 1.14. The third-order valence-corrected chi connectivity index (χ3v) is 5.33. The lowest BCUT2D eigenvalue weighted by Crippen LogP contribution is -1.91. The van der Waals surface area contributed by atoms with Crippen LogP contribution < -0.4 is 0 Å². The molecule has 0 atom stereocenters. The van der Waals surface area contributed by atoms with Gasteiger partial charge in [0.2, 0.25) is 0 Å². The van der Waals surface area contributed by atoms with E-state index >= 15 is 0 Å². The second-order valence-electron chi connectivity index (χ2n) is 7.36. The first-order valence-electron chi connectivity index (χ1n) is 9.24. The fraction of sp³-hybridized carbons (Fsp3) is 0.182. The van der Waals surface area contributed by atoms with Crippen molar-refractivity contribution in [2.45, 2.75) is 27.7 Å². The van der Waals surface area contributed by atoms with Crippen LogP contribution in [0.25, 0.3) is 45.1 Å². The summed E-state index contributed by atoms with van der Waals surface area (Å²) in [4.78, 5) is 25.1. The van der Waals surface area contributed by atoms with E-state index in [1.165, 1.54) is 22.3 Å². The van der Waals surface area contributed by atoms with Crippen LogP contribution in [0.4, 0.5) is 0 Å². The minimum absolute atomic E-state index is 0.707. The summed E-state index contributed by atoms with van der Waals surface area (Å²) in [6.07, 6.45) is 3.47. The first kappa shape index (κ1) is 16.6. The molecular weight excluding hydrogens is 348 g/mol. The van der Waals surface area contributed by atoms with E-state index in [1.807, 2.05) is 0 Å². The van der Waals surface area contributed by atoms with E-state index in [2.05, 4.69) is 81.9 Å². The fourth-order valence-electron chi connectivity index (χ4n) is 3.35. The highest BCUT2D eigenvalue weighted by atomic mass is 15.0. The molecule has 3 aromatic heterocycles. The quantitative estimate of drug-likeness (QED) is 0.469. The molecule has 3 heterocycles. The molecule has 0 saturated heterocycles. The number of imidazole rings is 2. The summed E-state index contributed by atoms with van der Waals surface area (Å²) in [7, 11) is 0. The zero-order chi connectivity index (χ0) is 19.4. The van der Waals surface area contributed by atoms with Gasteiger partial charge in [0.1, 0.15) is 11.4 Å². The van der Waals surface area contributed by atoms with Gasteiger partial charge in [-0.25, -0.2) is 19.9 Å². The van der Waals surface area contributed by atoms with Crippen molar-refractivity contribution in [1.82, 2.24) is 29.9 Å². The summed E-state index contributed by atoms with van der Waals surface area (Å²) in [6, 6.07) is 8.40. The molecule has 5 rings (SSSR count). The number of rotatable bonds is 2. The second kappa shape index (κ2) is 5.99. The summed E-state index contributed by atoms with van der Waals surface area (Å²) in [6.45, 7) is 8.38. The number of hydrogen-bond acceptors (Lipinski definition) is 4. The number of nitrogens with one attached hydrogen (secondary N) is 2. The molecule has 0 bridgehead atoms. The monoisotopic (exact) mass is 368 g/mol. The maximum absolute atomic E-state index is 4.66. The smallest absolute Gasteiger partial charge is 0.158 e. The average Bonchev–Trinajstić information content (AvgIpc) is 3.26. The molecule has 0 fully saturated rings. The highest BCUT2D eigenvalue weighted by Gasteiger charge is 2.12. The van der Waals surface area contributed by atoms with Gasteiger partial charge in [-0.1, -0.05) is 0 Å². The predicted molar refractivity (Wildman–Crippen MR) is 111 cm³/mol. The minimum atomic E-state index is 0.707. The molecule has 2 N–H and O–H groups in total. The molecule has 0 unspecified atom stereocenters. The molecular formula is C22H20N6. The molecule has 5 aromatic rings. The first-order chi connectivity index (χ1) is 13.5. The van der Waals surface area contributed by atoms with Crippen LogP contribution in [-0.4, -0.2) is 29.9 Å². The number of benzene rings is 2. The number of fused-ring (bicyclic) bond motifs is 2. The van der Waals surface area contributed by atoms with Crippen molar-refractivity contribution in [3.8, 4) is 23.0 Å². The van der Waals surface area contributed by atoms with Crippen LogP contribution in [0.3, 0.4) is 0 Å². The Morgan fingerprint density at radius 3 is 1.36 bits per heavy atom. The second-order valence-corrected chi connectivity index (χ2v) is 7.36. The van der Waals surface area contributed by atoms with Gasteiger partial charge in [0.15, 0.2) is 11.6 Å². The Balaban J connectivity index is 1.52. The van der Waals surface area contributed by atoms with E-state index in [4.69, 9.17) is 0 Å². The van der Waals surface area contributed by atoms with Crippen molar-refractivity contribution in [2.24, 2.45) is 0 Å². The van der Waals surface area contributed by atoms with E-state index in [0.29, 0.717) is 11.4 Å². The van der Waals surface area contributed by atoms with Crippen LogP contribution in [0.5, 0.6) is 0 Å². The van der Waals surface area contributed by atoms with E-state index < -0.39 is 0 Å². The van der Waals surface area contributed by atoms with Crippen LogP contribution in [0.15, 0.2) is 36.7 Å². The predicted octanol–water partition coefficient (Wildman–Crippen LogP) is 4.80. The Morgan fingerprint density at radius 2 is 0.964 bits per heavy atom. The van der Waals surface area contributed by atoms with E-state index in [0.717, 1.165) is 33.7 Å². The van der Waals surface area contributed by atoms with Gasteiger partial charge < -0.3 is 9.97 Å². The van der Waals surface area contributed by atoms with Crippen molar-refractivity contribution in [3.63, 3.8) is 0 Å². The Labute approximate surface area is 162 Å². The topological polar surface area (TPSA) is 83.1 Å². The van der Waals surface area contributed by atoms with Gasteiger partial charge in [-0.2, -0.15) is 0 Å². The number of H-pyrrole nitrogens is 2. The van der Waals surface area contributed by atoms with Crippen molar-refractivity contribution in [3.05, 3.63) is 58.9 Å². The van der Waals surface area contributed by atoms with Crippen molar-refractivity contribution in [1.29, 1.82) is 0 Å². The third-order valence-electron chi connectivity index (χ3n) is 5.33. The van der Waals surface area contributed by atoms with Gasteiger partial charge in [-0.15, -0.1) is 0 Å². The minimum Gasteiger partial charge on any atom is -0.337 e. The molecule has 6 nitrogen and oxygen atoms in total. The molecule has 0 spiro atoms.